The number of amides is 1. The predicted octanol–water partition coefficient (Wildman–Crippen LogP) is 3.87. The molecule has 7 nitrogen and oxygen atoms in total. The molecule has 0 spiro atoms. The highest BCUT2D eigenvalue weighted by Crippen LogP contribution is 2.45. The summed E-state index contributed by atoms with van der Waals surface area (Å²) in [4.78, 5) is 20.4. The second-order valence-corrected chi connectivity index (χ2v) is 8.00. The monoisotopic (exact) mass is 401 g/mol. The van der Waals surface area contributed by atoms with Gasteiger partial charge in [0.15, 0.2) is 11.5 Å². The molecule has 4 heterocycles. The largest absolute Gasteiger partial charge is 0.483 e. The summed E-state index contributed by atoms with van der Waals surface area (Å²) in [6, 6.07) is 3.46. The van der Waals surface area contributed by atoms with E-state index in [-0.39, 0.29) is 5.91 Å². The summed E-state index contributed by atoms with van der Waals surface area (Å²) in [5, 5.41) is 3.93. The highest BCUT2D eigenvalue weighted by atomic mass is 32.2. The Morgan fingerprint density at radius 1 is 1.43 bits per heavy atom. The van der Waals surface area contributed by atoms with Crippen LogP contribution in [0.25, 0.3) is 22.2 Å². The summed E-state index contributed by atoms with van der Waals surface area (Å²) in [6.07, 6.45) is 4.85. The van der Waals surface area contributed by atoms with Gasteiger partial charge in [0, 0.05) is 41.2 Å². The van der Waals surface area contributed by atoms with Gasteiger partial charge in [-0.05, 0) is 26.2 Å². The van der Waals surface area contributed by atoms with Crippen molar-refractivity contribution >= 4 is 34.4 Å². The van der Waals surface area contributed by atoms with Crippen LogP contribution in [-0.4, -0.2) is 38.9 Å². The van der Waals surface area contributed by atoms with Gasteiger partial charge in [-0.15, -0.1) is 11.8 Å². The van der Waals surface area contributed by atoms with Crippen molar-refractivity contribution in [1.29, 1.82) is 0 Å². The maximum absolute atomic E-state index is 11.5. The lowest BCUT2D eigenvalue weighted by molar-refractivity contribution is -0.114. The maximum Gasteiger partial charge on any atom is 0.222 e. The number of pyridine rings is 2. The standard InChI is InChI=1S/C20H22N4O3S/c1-11(25)22-16-6-12-13(9-24(4)14(12)8-21-16)18-19-15(7-17(23-18)28-5)27-20(2,3)10-26-19/h6-9H,10H2,1-5H3,(H,21,22,25)/i4D3. The summed E-state index contributed by atoms with van der Waals surface area (Å²) < 4.78 is 37.1. The van der Waals surface area contributed by atoms with Gasteiger partial charge in [-0.1, -0.05) is 0 Å². The van der Waals surface area contributed by atoms with E-state index in [2.05, 4.69) is 10.3 Å². The van der Waals surface area contributed by atoms with Crippen molar-refractivity contribution in [3.05, 3.63) is 24.5 Å². The number of carbonyl (C=O) groups is 1. The molecule has 1 aliphatic heterocycles. The molecule has 4 rings (SSSR count). The van der Waals surface area contributed by atoms with Crippen LogP contribution in [0.3, 0.4) is 0 Å². The molecule has 1 aliphatic rings. The van der Waals surface area contributed by atoms with Crippen molar-refractivity contribution in [3.63, 3.8) is 0 Å². The van der Waals surface area contributed by atoms with E-state index in [0.717, 1.165) is 0 Å². The number of anilines is 1. The minimum atomic E-state index is -2.43. The fraction of sp³-hybridized carbons (Fsp3) is 0.350. The molecule has 0 saturated carbocycles. The van der Waals surface area contributed by atoms with Gasteiger partial charge >= 0.3 is 0 Å². The van der Waals surface area contributed by atoms with Crippen molar-refractivity contribution < 1.29 is 18.4 Å². The van der Waals surface area contributed by atoms with Crippen LogP contribution in [0.1, 0.15) is 24.9 Å². The van der Waals surface area contributed by atoms with E-state index in [4.69, 9.17) is 18.6 Å². The minimum Gasteiger partial charge on any atom is -0.483 e. The van der Waals surface area contributed by atoms with Gasteiger partial charge in [-0.3, -0.25) is 4.79 Å². The Balaban J connectivity index is 2.00. The van der Waals surface area contributed by atoms with Crippen LogP contribution in [0, 0.1) is 0 Å². The van der Waals surface area contributed by atoms with E-state index in [9.17, 15) is 4.79 Å². The predicted molar refractivity (Wildman–Crippen MR) is 110 cm³/mol. The zero-order chi connectivity index (χ0) is 22.6. The number of aromatic nitrogens is 3. The van der Waals surface area contributed by atoms with Crippen molar-refractivity contribution in [2.24, 2.45) is 6.98 Å². The van der Waals surface area contributed by atoms with Crippen LogP contribution in [0.4, 0.5) is 5.82 Å². The van der Waals surface area contributed by atoms with E-state index >= 15 is 0 Å². The third-order valence-corrected chi connectivity index (χ3v) is 4.95. The average molecular weight is 402 g/mol. The fourth-order valence-electron chi connectivity index (χ4n) is 3.12. The second kappa shape index (κ2) is 6.70. The van der Waals surface area contributed by atoms with Crippen LogP contribution in [0.2, 0.25) is 0 Å². The van der Waals surface area contributed by atoms with Gasteiger partial charge < -0.3 is 19.4 Å². The first kappa shape index (κ1) is 15.2. The normalized spacial score (nSPS) is 16.9. The molecule has 146 valence electrons. The van der Waals surface area contributed by atoms with Gasteiger partial charge in [0.1, 0.15) is 28.7 Å². The van der Waals surface area contributed by atoms with Gasteiger partial charge in [-0.25, -0.2) is 9.97 Å². The third kappa shape index (κ3) is 3.28. The molecule has 1 amide bonds. The number of fused-ring (bicyclic) bond motifs is 2. The summed E-state index contributed by atoms with van der Waals surface area (Å²) in [5.41, 5.74) is 0.920. The number of carbonyl (C=O) groups excluding carboxylic acids is 1. The summed E-state index contributed by atoms with van der Waals surface area (Å²) in [6.45, 7) is 3.14. The first-order valence-corrected chi connectivity index (χ1v) is 9.91. The lowest BCUT2D eigenvalue weighted by Gasteiger charge is -2.33. The topological polar surface area (TPSA) is 78.3 Å². The van der Waals surface area contributed by atoms with Crippen LogP contribution < -0.4 is 14.8 Å². The van der Waals surface area contributed by atoms with Gasteiger partial charge in [0.25, 0.3) is 0 Å². The maximum atomic E-state index is 11.5. The Bertz CT molecular complexity index is 1190. The molecule has 0 aliphatic carbocycles. The highest BCUT2D eigenvalue weighted by molar-refractivity contribution is 7.98. The van der Waals surface area contributed by atoms with Crippen LogP contribution >= 0.6 is 11.8 Å². The van der Waals surface area contributed by atoms with Crippen LogP contribution in [-0.2, 0) is 11.8 Å². The van der Waals surface area contributed by atoms with Crippen molar-refractivity contribution in [1.82, 2.24) is 14.5 Å². The molecule has 8 heteroatoms. The number of hydrogen-bond donors (Lipinski definition) is 1. The zero-order valence-electron chi connectivity index (χ0n) is 19.0. The summed E-state index contributed by atoms with van der Waals surface area (Å²) >= 11 is 1.45. The Morgan fingerprint density at radius 2 is 2.25 bits per heavy atom. The molecule has 0 atom stereocenters. The van der Waals surface area contributed by atoms with E-state index in [1.165, 1.54) is 35.6 Å². The highest BCUT2D eigenvalue weighted by Gasteiger charge is 2.32. The second-order valence-electron chi connectivity index (χ2n) is 7.17. The molecule has 0 unspecified atom stereocenters. The molecule has 0 saturated heterocycles. The Labute approximate surface area is 171 Å². The van der Waals surface area contributed by atoms with E-state index in [1.807, 2.05) is 26.2 Å². The lowest BCUT2D eigenvalue weighted by atomic mass is 10.1. The van der Waals surface area contributed by atoms with Crippen molar-refractivity contribution in [2.75, 3.05) is 18.2 Å². The molecule has 0 fully saturated rings. The quantitative estimate of drug-likeness (QED) is 0.672. The van der Waals surface area contributed by atoms with Gasteiger partial charge in [0.05, 0.1) is 11.7 Å². The molecule has 3 aromatic rings. The third-order valence-electron chi connectivity index (χ3n) is 4.32. The number of nitrogens with zero attached hydrogens (tertiary/aromatic N) is 3. The molecule has 0 radical (unpaired) electrons. The lowest BCUT2D eigenvalue weighted by Crippen LogP contribution is -2.39. The average Bonchev–Trinajstić information content (AvgIpc) is 3.04. The van der Waals surface area contributed by atoms with Crippen LogP contribution in [0.5, 0.6) is 11.5 Å². The Kier molecular flexibility index (Phi) is 3.64. The number of aryl methyl sites for hydroxylation is 1. The minimum absolute atomic E-state index is 0.275. The van der Waals surface area contributed by atoms with Crippen LogP contribution in [0.15, 0.2) is 29.6 Å². The first-order valence-electron chi connectivity index (χ1n) is 10.2. The molecular formula is C20H22N4O3S. The number of hydrogen-bond acceptors (Lipinski definition) is 6. The SMILES string of the molecule is [2H]C([2H])([2H])n1cc(-c2nc(SC)cc3c2OCC(C)(C)O3)c2cc(NC(C)=O)ncc21. The smallest absolute Gasteiger partial charge is 0.222 e. The van der Waals surface area contributed by atoms with E-state index in [0.29, 0.717) is 51.1 Å². The molecular weight excluding hydrogens is 376 g/mol. The summed E-state index contributed by atoms with van der Waals surface area (Å²) in [7, 11) is 0. The molecule has 1 N–H and O–H groups in total. The van der Waals surface area contributed by atoms with Gasteiger partial charge in [-0.2, -0.15) is 0 Å². The van der Waals surface area contributed by atoms with Crippen molar-refractivity contribution in [2.45, 2.75) is 31.4 Å². The Morgan fingerprint density at radius 3 is 2.96 bits per heavy atom. The molecule has 0 aromatic carbocycles. The summed E-state index contributed by atoms with van der Waals surface area (Å²) in [5.74, 6) is 1.05. The van der Waals surface area contributed by atoms with E-state index < -0.39 is 12.6 Å². The molecule has 3 aromatic heterocycles. The molecule has 28 heavy (non-hydrogen) atoms. The Hall–Kier alpha value is -2.74. The first-order chi connectivity index (χ1) is 14.5. The van der Waals surface area contributed by atoms with E-state index in [1.54, 1.807) is 6.07 Å². The fourth-order valence-corrected chi connectivity index (χ4v) is 3.53. The molecule has 0 bridgehead atoms. The van der Waals surface area contributed by atoms with Gasteiger partial charge in [0.2, 0.25) is 5.91 Å². The number of nitrogens with one attached hydrogen (secondary N) is 1. The zero-order valence-corrected chi connectivity index (χ0v) is 16.8. The van der Waals surface area contributed by atoms with Crippen molar-refractivity contribution in [3.8, 4) is 22.8 Å². The number of rotatable bonds is 3. The number of ether oxygens (including phenoxy) is 2. The number of thioether (sulfide) groups is 1.